The molecule has 3 aromatic heterocycles. The van der Waals surface area contributed by atoms with Crippen molar-refractivity contribution >= 4 is 23.2 Å². The second kappa shape index (κ2) is 10.4. The number of benzene rings is 1. The van der Waals surface area contributed by atoms with Crippen LogP contribution in [0.5, 0.6) is 5.75 Å². The number of aromatic hydroxyl groups is 1. The molecule has 0 saturated carbocycles. The van der Waals surface area contributed by atoms with Crippen molar-refractivity contribution in [2.45, 2.75) is 25.3 Å². The van der Waals surface area contributed by atoms with Gasteiger partial charge in [0.05, 0.1) is 25.6 Å². The number of halogens is 2. The van der Waals surface area contributed by atoms with Crippen molar-refractivity contribution in [2.75, 3.05) is 18.5 Å². The quantitative estimate of drug-likeness (QED) is 0.346. The fourth-order valence-corrected chi connectivity index (χ4v) is 4.80. The third-order valence-corrected chi connectivity index (χ3v) is 6.92. The zero-order chi connectivity index (χ0) is 27.0. The van der Waals surface area contributed by atoms with E-state index in [1.54, 1.807) is 17.8 Å². The van der Waals surface area contributed by atoms with Crippen LogP contribution in [0.15, 0.2) is 52.4 Å². The van der Waals surface area contributed by atoms with E-state index in [0.29, 0.717) is 41.8 Å². The number of carbonyl (C=O) groups is 1. The molecule has 38 heavy (non-hydrogen) atoms. The summed E-state index contributed by atoms with van der Waals surface area (Å²) in [6.45, 7) is 3.75. The lowest BCUT2D eigenvalue weighted by Crippen LogP contribution is -2.31. The number of anilines is 1. The van der Waals surface area contributed by atoms with Crippen LogP contribution < -0.4 is 10.9 Å². The minimum atomic E-state index is -0.826. The molecule has 1 saturated heterocycles. The van der Waals surface area contributed by atoms with Crippen LogP contribution in [-0.2, 0) is 18.3 Å². The second-order valence-corrected chi connectivity index (χ2v) is 9.64. The zero-order valence-electron chi connectivity index (χ0n) is 20.5. The van der Waals surface area contributed by atoms with E-state index in [1.165, 1.54) is 37.7 Å². The Hall–Kier alpha value is -4.03. The van der Waals surface area contributed by atoms with Crippen molar-refractivity contribution in [2.24, 2.45) is 13.0 Å². The lowest BCUT2D eigenvalue weighted by molar-refractivity contribution is -0.0408. The molecule has 13 heteroatoms. The van der Waals surface area contributed by atoms with Crippen molar-refractivity contribution in [1.82, 2.24) is 24.5 Å². The summed E-state index contributed by atoms with van der Waals surface area (Å²) in [6.07, 6.45) is 5.96. The molecule has 1 amide bonds. The summed E-state index contributed by atoms with van der Waals surface area (Å²) in [5.74, 6) is -2.81. The first-order valence-electron chi connectivity index (χ1n) is 11.8. The van der Waals surface area contributed by atoms with Gasteiger partial charge in [0, 0.05) is 42.6 Å². The van der Waals surface area contributed by atoms with Gasteiger partial charge in [0.2, 0.25) is 5.75 Å². The van der Waals surface area contributed by atoms with E-state index < -0.39 is 40.6 Å². The summed E-state index contributed by atoms with van der Waals surface area (Å²) in [5, 5.41) is 21.2. The first kappa shape index (κ1) is 25.6. The number of rotatable bonds is 8. The van der Waals surface area contributed by atoms with Crippen LogP contribution in [0.3, 0.4) is 0 Å². The highest BCUT2D eigenvalue weighted by molar-refractivity contribution is 6.31. The number of ether oxygens (including phenoxy) is 1. The SMILES string of the molecule is C[C@H](c1nc(C(=O)Nc2cnoc2)c(O)c(=O)n1C)[C@@H](c1cnn(CC2COC2)c1)c1cc(F)ccc1Cl. The van der Waals surface area contributed by atoms with Crippen LogP contribution in [0, 0.1) is 11.7 Å². The van der Waals surface area contributed by atoms with E-state index in [0.717, 1.165) is 4.57 Å². The van der Waals surface area contributed by atoms with E-state index >= 15 is 0 Å². The van der Waals surface area contributed by atoms with Gasteiger partial charge in [0.25, 0.3) is 11.5 Å². The second-order valence-electron chi connectivity index (χ2n) is 9.23. The van der Waals surface area contributed by atoms with Gasteiger partial charge in [-0.3, -0.25) is 18.8 Å². The number of aromatic nitrogens is 5. The van der Waals surface area contributed by atoms with Gasteiger partial charge in [-0.05, 0) is 29.3 Å². The molecule has 0 aliphatic carbocycles. The van der Waals surface area contributed by atoms with Crippen molar-refractivity contribution in [3.8, 4) is 5.75 Å². The molecule has 4 heterocycles. The Kier molecular flexibility index (Phi) is 7.00. The van der Waals surface area contributed by atoms with E-state index in [2.05, 4.69) is 20.6 Å². The minimum Gasteiger partial charge on any atom is -0.501 e. The van der Waals surface area contributed by atoms with Gasteiger partial charge < -0.3 is 19.7 Å². The molecule has 0 radical (unpaired) electrons. The summed E-state index contributed by atoms with van der Waals surface area (Å²) < 4.78 is 27.3. The van der Waals surface area contributed by atoms with E-state index in [-0.39, 0.29) is 11.5 Å². The van der Waals surface area contributed by atoms with Gasteiger partial charge in [-0.25, -0.2) is 9.37 Å². The molecule has 1 aliphatic rings. The lowest BCUT2D eigenvalue weighted by atomic mass is 9.82. The van der Waals surface area contributed by atoms with Crippen LogP contribution >= 0.6 is 11.6 Å². The standard InChI is InChI=1S/C25H24ClFN6O5/c1-13(23-31-21(22(34)25(36)32(23)2)24(35)30-17-7-29-38-12-17)20(18-5-16(27)3-4-19(18)26)15-6-28-33(9-15)8-14-10-37-11-14/h3-7,9,12-14,20,34H,8,10-11H2,1-2H3,(H,30,35)/t13-,20-/m0/s1. The Morgan fingerprint density at radius 3 is 2.82 bits per heavy atom. The summed E-state index contributed by atoms with van der Waals surface area (Å²) in [6, 6.07) is 4.05. The maximum Gasteiger partial charge on any atom is 0.296 e. The third kappa shape index (κ3) is 4.92. The highest BCUT2D eigenvalue weighted by Gasteiger charge is 2.32. The molecular weight excluding hydrogens is 519 g/mol. The maximum atomic E-state index is 14.4. The first-order chi connectivity index (χ1) is 18.2. The molecule has 2 N–H and O–H groups in total. The molecule has 2 atom stereocenters. The van der Waals surface area contributed by atoms with Crippen molar-refractivity contribution < 1.29 is 23.6 Å². The normalized spacial score (nSPS) is 15.2. The van der Waals surface area contributed by atoms with E-state index in [4.69, 9.17) is 20.9 Å². The molecule has 1 aliphatic heterocycles. The number of hydrogen-bond acceptors (Lipinski definition) is 8. The molecule has 1 aromatic carbocycles. The Bertz CT molecular complexity index is 1530. The average Bonchev–Trinajstić information content (AvgIpc) is 3.54. The number of nitrogens with one attached hydrogen (secondary N) is 1. The summed E-state index contributed by atoms with van der Waals surface area (Å²) in [5.41, 5.74) is 0.106. The molecule has 4 aromatic rings. The number of carbonyl (C=O) groups excluding carboxylic acids is 1. The maximum absolute atomic E-state index is 14.4. The van der Waals surface area contributed by atoms with Crippen molar-refractivity contribution in [3.63, 3.8) is 0 Å². The predicted octanol–water partition coefficient (Wildman–Crippen LogP) is 3.30. The third-order valence-electron chi connectivity index (χ3n) is 6.57. The molecule has 0 bridgehead atoms. The van der Waals surface area contributed by atoms with Crippen LogP contribution in [0.1, 0.15) is 46.2 Å². The fourth-order valence-electron chi connectivity index (χ4n) is 4.56. The van der Waals surface area contributed by atoms with Gasteiger partial charge in [-0.1, -0.05) is 23.7 Å². The van der Waals surface area contributed by atoms with Crippen LogP contribution in [0.2, 0.25) is 5.02 Å². The first-order valence-corrected chi connectivity index (χ1v) is 12.2. The molecular formula is C25H24ClFN6O5. The van der Waals surface area contributed by atoms with E-state index in [1.807, 2.05) is 6.20 Å². The van der Waals surface area contributed by atoms with Crippen molar-refractivity contribution in [1.29, 1.82) is 0 Å². The average molecular weight is 543 g/mol. The summed E-state index contributed by atoms with van der Waals surface area (Å²) in [4.78, 5) is 30.2. The Morgan fingerprint density at radius 2 is 2.13 bits per heavy atom. The van der Waals surface area contributed by atoms with Gasteiger partial charge in [0.15, 0.2) is 5.69 Å². The topological polar surface area (TPSA) is 137 Å². The summed E-state index contributed by atoms with van der Waals surface area (Å²) >= 11 is 6.53. The molecule has 5 rings (SSSR count). The lowest BCUT2D eigenvalue weighted by Gasteiger charge is -2.27. The van der Waals surface area contributed by atoms with E-state index in [9.17, 15) is 19.1 Å². The van der Waals surface area contributed by atoms with Gasteiger partial charge >= 0.3 is 0 Å². The molecule has 0 spiro atoms. The highest BCUT2D eigenvalue weighted by Crippen LogP contribution is 2.41. The monoisotopic (exact) mass is 542 g/mol. The van der Waals surface area contributed by atoms with Gasteiger partial charge in [-0.2, -0.15) is 5.10 Å². The molecule has 198 valence electrons. The Labute approximate surface area is 220 Å². The van der Waals surface area contributed by atoms with Gasteiger partial charge in [-0.15, -0.1) is 0 Å². The number of hydrogen-bond donors (Lipinski definition) is 2. The largest absolute Gasteiger partial charge is 0.501 e. The minimum absolute atomic E-state index is 0.175. The molecule has 1 fully saturated rings. The number of nitrogens with zero attached hydrogens (tertiary/aromatic N) is 5. The summed E-state index contributed by atoms with van der Waals surface area (Å²) in [7, 11) is 1.44. The molecule has 11 nitrogen and oxygen atoms in total. The Balaban J connectivity index is 1.58. The number of amides is 1. The zero-order valence-corrected chi connectivity index (χ0v) is 21.2. The van der Waals surface area contributed by atoms with Crippen LogP contribution in [-0.4, -0.2) is 48.7 Å². The smallest absolute Gasteiger partial charge is 0.296 e. The predicted molar refractivity (Wildman–Crippen MR) is 134 cm³/mol. The van der Waals surface area contributed by atoms with Crippen LogP contribution in [0.25, 0.3) is 0 Å². The van der Waals surface area contributed by atoms with Crippen molar-refractivity contribution in [3.05, 3.63) is 86.9 Å². The van der Waals surface area contributed by atoms with Gasteiger partial charge in [0.1, 0.15) is 23.6 Å². The molecule has 0 unspecified atom stereocenters. The highest BCUT2D eigenvalue weighted by atomic mass is 35.5. The van der Waals surface area contributed by atoms with Crippen LogP contribution in [0.4, 0.5) is 10.1 Å². The Morgan fingerprint density at radius 1 is 1.34 bits per heavy atom. The fraction of sp³-hybridized carbons (Fsp3) is 0.320.